The summed E-state index contributed by atoms with van der Waals surface area (Å²) < 4.78 is 5.36. The van der Waals surface area contributed by atoms with Gasteiger partial charge in [0.25, 0.3) is 11.8 Å². The van der Waals surface area contributed by atoms with Crippen LogP contribution in [0.4, 0.5) is 10.5 Å². The zero-order chi connectivity index (χ0) is 26.5. The molecule has 2 aromatic carbocycles. The maximum Gasteiger partial charge on any atom is 0.429 e. The Morgan fingerprint density at radius 1 is 0.972 bits per heavy atom. The Balaban J connectivity index is 1.59. The monoisotopic (exact) mass is 493 g/mol. The summed E-state index contributed by atoms with van der Waals surface area (Å²) in [6, 6.07) is 14.6. The van der Waals surface area contributed by atoms with Crippen molar-refractivity contribution in [2.45, 2.75) is 46.3 Å². The molecule has 0 spiro atoms. The molecule has 9 nitrogen and oxygen atoms in total. The maximum atomic E-state index is 12.7. The Morgan fingerprint density at radius 3 is 2.28 bits per heavy atom. The second kappa shape index (κ2) is 11.2. The van der Waals surface area contributed by atoms with E-state index in [-0.39, 0.29) is 5.91 Å². The van der Waals surface area contributed by atoms with E-state index in [1.165, 1.54) is 5.01 Å². The van der Waals surface area contributed by atoms with Crippen LogP contribution in [0.15, 0.2) is 48.5 Å². The van der Waals surface area contributed by atoms with Crippen LogP contribution in [0.5, 0.6) is 0 Å². The molecule has 1 aromatic heterocycles. The van der Waals surface area contributed by atoms with Crippen LogP contribution in [0.25, 0.3) is 10.9 Å². The zero-order valence-electron chi connectivity index (χ0n) is 21.8. The van der Waals surface area contributed by atoms with Gasteiger partial charge in [-0.2, -0.15) is 0 Å². The van der Waals surface area contributed by atoms with Crippen LogP contribution in [0, 0.1) is 0 Å². The lowest BCUT2D eigenvalue weighted by Crippen LogP contribution is -2.48. The summed E-state index contributed by atoms with van der Waals surface area (Å²) >= 11 is 0. The molecule has 9 heteroatoms. The van der Waals surface area contributed by atoms with Crippen molar-refractivity contribution in [3.63, 3.8) is 0 Å². The molecule has 0 aliphatic carbocycles. The number of anilines is 1. The first kappa shape index (κ1) is 26.6. The number of aromatic nitrogens is 1. The van der Waals surface area contributed by atoms with Crippen molar-refractivity contribution in [1.29, 1.82) is 0 Å². The quantitative estimate of drug-likeness (QED) is 0.422. The van der Waals surface area contributed by atoms with Gasteiger partial charge in [-0.05, 0) is 63.1 Å². The molecule has 0 saturated carbocycles. The number of carbonyl (C=O) groups excluding carboxylic acids is 3. The van der Waals surface area contributed by atoms with Crippen LogP contribution in [0.1, 0.15) is 60.5 Å². The molecule has 0 radical (unpaired) electrons. The van der Waals surface area contributed by atoms with Gasteiger partial charge in [-0.25, -0.2) is 9.80 Å². The highest BCUT2D eigenvalue weighted by Crippen LogP contribution is 2.21. The third-order valence-electron chi connectivity index (χ3n) is 5.33. The number of hydrogen-bond donors (Lipinski definition) is 3. The lowest BCUT2D eigenvalue weighted by Gasteiger charge is -2.27. The topological polar surface area (TPSA) is 107 Å². The fourth-order valence-electron chi connectivity index (χ4n) is 3.49. The maximum absolute atomic E-state index is 12.7. The first-order valence-electron chi connectivity index (χ1n) is 12.0. The highest BCUT2D eigenvalue weighted by atomic mass is 16.6. The summed E-state index contributed by atoms with van der Waals surface area (Å²) in [6.07, 6.45) is 0.0534. The average molecular weight is 494 g/mol. The van der Waals surface area contributed by atoms with Crippen molar-refractivity contribution >= 4 is 34.5 Å². The average Bonchev–Trinajstić information content (AvgIpc) is 3.25. The molecule has 3 N–H and O–H groups in total. The number of carbonyl (C=O) groups is 3. The predicted octanol–water partition coefficient (Wildman–Crippen LogP) is 4.46. The third-order valence-corrected chi connectivity index (χ3v) is 5.33. The van der Waals surface area contributed by atoms with Crippen LogP contribution >= 0.6 is 0 Å². The molecule has 0 saturated heterocycles. The third kappa shape index (κ3) is 7.00. The SMILES string of the molecule is CCCN(NC(=O)c1ccc(CNC(=O)c2cc3ccc(N(C)C)cc3[nH]2)cc1)C(=O)OC(C)(C)C. The van der Waals surface area contributed by atoms with E-state index in [4.69, 9.17) is 4.74 Å². The van der Waals surface area contributed by atoms with E-state index in [0.717, 1.165) is 22.2 Å². The molecular formula is C27H35N5O4. The molecule has 0 aliphatic heterocycles. The van der Waals surface area contributed by atoms with Crippen molar-refractivity contribution in [1.82, 2.24) is 20.7 Å². The van der Waals surface area contributed by atoms with Gasteiger partial charge >= 0.3 is 6.09 Å². The Hall–Kier alpha value is -4.01. The Bertz CT molecular complexity index is 1230. The number of nitrogens with zero attached hydrogens (tertiary/aromatic N) is 2. The van der Waals surface area contributed by atoms with Gasteiger partial charge in [0.15, 0.2) is 0 Å². The summed E-state index contributed by atoms with van der Waals surface area (Å²) in [7, 11) is 3.93. The van der Waals surface area contributed by atoms with Gasteiger partial charge in [-0.3, -0.25) is 15.0 Å². The van der Waals surface area contributed by atoms with Crippen molar-refractivity contribution in [3.05, 3.63) is 65.4 Å². The fourth-order valence-corrected chi connectivity index (χ4v) is 3.49. The Kier molecular flexibility index (Phi) is 8.24. The van der Waals surface area contributed by atoms with Crippen molar-refractivity contribution in [2.24, 2.45) is 0 Å². The van der Waals surface area contributed by atoms with Crippen molar-refractivity contribution < 1.29 is 19.1 Å². The summed E-state index contributed by atoms with van der Waals surface area (Å²) in [5.74, 6) is -0.632. The number of aromatic amines is 1. The minimum atomic E-state index is -0.665. The summed E-state index contributed by atoms with van der Waals surface area (Å²) in [5, 5.41) is 5.04. The van der Waals surface area contributed by atoms with E-state index < -0.39 is 17.6 Å². The molecule has 3 amide bonds. The first-order chi connectivity index (χ1) is 17.0. The molecule has 3 aromatic rings. The number of hydrogen-bond acceptors (Lipinski definition) is 5. The summed E-state index contributed by atoms with van der Waals surface area (Å²) in [6.45, 7) is 7.85. The summed E-state index contributed by atoms with van der Waals surface area (Å²) in [5.41, 5.74) is 5.60. The highest BCUT2D eigenvalue weighted by Gasteiger charge is 2.23. The van der Waals surface area contributed by atoms with Crippen LogP contribution in [-0.4, -0.2) is 54.1 Å². The fraction of sp³-hybridized carbons (Fsp3) is 0.370. The summed E-state index contributed by atoms with van der Waals surface area (Å²) in [4.78, 5) is 42.9. The van der Waals surface area contributed by atoms with Crippen LogP contribution in [0.3, 0.4) is 0 Å². The van der Waals surface area contributed by atoms with Gasteiger partial charge in [-0.15, -0.1) is 0 Å². The molecule has 0 atom stereocenters. The predicted molar refractivity (Wildman–Crippen MR) is 141 cm³/mol. The minimum absolute atomic E-state index is 0.216. The van der Waals surface area contributed by atoms with Crippen LogP contribution in [-0.2, 0) is 11.3 Å². The van der Waals surface area contributed by atoms with Gasteiger partial charge in [0, 0.05) is 49.3 Å². The Morgan fingerprint density at radius 2 is 1.67 bits per heavy atom. The van der Waals surface area contributed by atoms with Crippen LogP contribution < -0.4 is 15.6 Å². The van der Waals surface area contributed by atoms with Crippen molar-refractivity contribution in [2.75, 3.05) is 25.5 Å². The number of amides is 3. The number of fused-ring (bicyclic) bond motifs is 1. The standard InChI is InChI=1S/C27H35N5O4/c1-7-14-32(26(35)36-27(2,3)4)30-24(33)19-10-8-18(9-11-19)17-28-25(34)23-15-20-12-13-21(31(5)6)16-22(20)29-23/h8-13,15-16,29H,7,14,17H2,1-6H3,(H,28,34)(H,30,33). The number of hydrazine groups is 1. The smallest absolute Gasteiger partial charge is 0.429 e. The Labute approximate surface area is 211 Å². The van der Waals surface area contributed by atoms with E-state index in [0.29, 0.717) is 30.8 Å². The number of nitrogens with one attached hydrogen (secondary N) is 3. The largest absolute Gasteiger partial charge is 0.442 e. The van der Waals surface area contributed by atoms with Gasteiger partial charge < -0.3 is 19.9 Å². The molecule has 0 fully saturated rings. The minimum Gasteiger partial charge on any atom is -0.442 e. The van der Waals surface area contributed by atoms with E-state index in [2.05, 4.69) is 15.7 Å². The molecule has 0 bridgehead atoms. The molecule has 0 aliphatic rings. The van der Waals surface area contributed by atoms with Gasteiger partial charge in [0.2, 0.25) is 0 Å². The van der Waals surface area contributed by atoms with Gasteiger partial charge in [0.05, 0.1) is 0 Å². The number of H-pyrrole nitrogens is 1. The molecule has 192 valence electrons. The second-order valence-electron chi connectivity index (χ2n) is 9.80. The van der Waals surface area contributed by atoms with Gasteiger partial charge in [-0.1, -0.05) is 25.1 Å². The molecule has 36 heavy (non-hydrogen) atoms. The number of ether oxygens (including phenoxy) is 1. The zero-order valence-corrected chi connectivity index (χ0v) is 21.8. The highest BCUT2D eigenvalue weighted by molar-refractivity contribution is 5.98. The van der Waals surface area contributed by atoms with E-state index in [9.17, 15) is 14.4 Å². The van der Waals surface area contributed by atoms with Crippen LogP contribution in [0.2, 0.25) is 0 Å². The van der Waals surface area contributed by atoms with Gasteiger partial charge in [0.1, 0.15) is 11.3 Å². The lowest BCUT2D eigenvalue weighted by molar-refractivity contribution is 0.0133. The van der Waals surface area contributed by atoms with E-state index >= 15 is 0 Å². The number of benzene rings is 2. The second-order valence-corrected chi connectivity index (χ2v) is 9.80. The van der Waals surface area contributed by atoms with E-state index in [1.807, 2.05) is 50.2 Å². The molecular weight excluding hydrogens is 458 g/mol. The first-order valence-corrected chi connectivity index (χ1v) is 12.0. The molecule has 1 heterocycles. The number of rotatable bonds is 7. The normalized spacial score (nSPS) is 11.2. The van der Waals surface area contributed by atoms with Crippen molar-refractivity contribution in [3.8, 4) is 0 Å². The lowest BCUT2D eigenvalue weighted by atomic mass is 10.1. The van der Waals surface area contributed by atoms with E-state index in [1.54, 1.807) is 45.0 Å². The molecule has 0 unspecified atom stereocenters. The molecule has 3 rings (SSSR count).